The molecule has 2 saturated heterocycles. The predicted octanol–water partition coefficient (Wildman–Crippen LogP) is 5.53. The number of hydrogen-bond acceptors (Lipinski definition) is 11. The SMILES string of the molecule is CCC(O)CC1OC2(CCC1C)CC1OC(=O)C=CC(C)(O)C(O)C(C)C(O)CC(O)C(C)(O)CCCCCC=CC3=C(CC(O2)C1C)OC(C)(C)C3. The highest BCUT2D eigenvalue weighted by atomic mass is 16.7. The molecule has 2 bridgehead atoms. The van der Waals surface area contributed by atoms with Gasteiger partial charge in [-0.25, -0.2) is 4.79 Å². The number of carbonyl (C=O) groups is 1. The van der Waals surface area contributed by atoms with Crippen LogP contribution in [0.15, 0.2) is 35.6 Å². The number of aliphatic hydroxyl groups excluding tert-OH is 4. The molecule has 0 aromatic rings. The van der Waals surface area contributed by atoms with E-state index in [-0.39, 0.29) is 24.4 Å². The minimum atomic E-state index is -1.93. The Bertz CT molecular complexity index is 1300. The zero-order valence-corrected chi connectivity index (χ0v) is 33.5. The third kappa shape index (κ3) is 11.6. The van der Waals surface area contributed by atoms with Crippen molar-refractivity contribution in [1.29, 1.82) is 0 Å². The van der Waals surface area contributed by atoms with Crippen molar-refractivity contribution in [3.8, 4) is 0 Å². The normalized spacial score (nSPS) is 43.1. The van der Waals surface area contributed by atoms with Crippen molar-refractivity contribution >= 4 is 5.97 Å². The van der Waals surface area contributed by atoms with Crippen LogP contribution in [-0.2, 0) is 23.7 Å². The topological polar surface area (TPSA) is 175 Å². The van der Waals surface area contributed by atoms with Gasteiger partial charge in [0.25, 0.3) is 0 Å². The summed E-state index contributed by atoms with van der Waals surface area (Å²) < 4.78 is 26.4. The minimum absolute atomic E-state index is 0.199. The summed E-state index contributed by atoms with van der Waals surface area (Å²) in [6.45, 7) is 14.6. The van der Waals surface area contributed by atoms with Gasteiger partial charge >= 0.3 is 5.97 Å². The molecule has 0 aliphatic carbocycles. The summed E-state index contributed by atoms with van der Waals surface area (Å²) in [5.74, 6) is -1.84. The Morgan fingerprint density at radius 2 is 1.64 bits per heavy atom. The van der Waals surface area contributed by atoms with Gasteiger partial charge in [-0.15, -0.1) is 0 Å². The number of rotatable bonds is 3. The molecule has 0 radical (unpaired) electrons. The molecule has 4 rings (SSSR count). The van der Waals surface area contributed by atoms with Crippen LogP contribution in [0.3, 0.4) is 0 Å². The monoisotopic (exact) mass is 750 g/mol. The Morgan fingerprint density at radius 1 is 0.925 bits per heavy atom. The first kappa shape index (κ1) is 43.9. The zero-order valence-electron chi connectivity index (χ0n) is 33.5. The highest BCUT2D eigenvalue weighted by Gasteiger charge is 2.52. The lowest BCUT2D eigenvalue weighted by Crippen LogP contribution is -2.57. The van der Waals surface area contributed by atoms with Crippen LogP contribution in [0.1, 0.15) is 139 Å². The third-order valence-electron chi connectivity index (χ3n) is 12.4. The second kappa shape index (κ2) is 18.0. The van der Waals surface area contributed by atoms with Gasteiger partial charge in [-0.3, -0.25) is 0 Å². The van der Waals surface area contributed by atoms with Crippen molar-refractivity contribution in [2.45, 2.75) is 204 Å². The molecule has 0 amide bonds. The summed E-state index contributed by atoms with van der Waals surface area (Å²) in [6, 6.07) is 0. The molecule has 4 aliphatic heterocycles. The fourth-order valence-corrected chi connectivity index (χ4v) is 8.35. The molecule has 0 saturated carbocycles. The van der Waals surface area contributed by atoms with E-state index in [1.807, 2.05) is 13.8 Å². The first-order valence-corrected chi connectivity index (χ1v) is 20.2. The molecule has 0 aromatic heterocycles. The zero-order chi connectivity index (χ0) is 39.4. The summed E-state index contributed by atoms with van der Waals surface area (Å²) >= 11 is 0. The minimum Gasteiger partial charge on any atom is -0.491 e. The van der Waals surface area contributed by atoms with Crippen LogP contribution in [0.25, 0.3) is 0 Å². The lowest BCUT2D eigenvalue weighted by molar-refractivity contribution is -0.347. The van der Waals surface area contributed by atoms with E-state index >= 15 is 0 Å². The van der Waals surface area contributed by atoms with Gasteiger partial charge in [-0.2, -0.15) is 0 Å². The number of ether oxygens (including phenoxy) is 4. The standard InChI is InChI=1S/C42H70O11/c1-9-30(43)21-32-26(2)16-20-42(52-32)25-35-28(4)33(53-42)23-34-29(24-39(5,6)51-34)15-13-11-10-12-14-18-40(7,48)36(45)22-31(44)27(3)38(47)41(8,49)19-17-37(46)50-35/h13,15,17,19,26-28,30-33,35-36,38,43-45,47-49H,9-12,14,16,18,20-25H2,1-8H3. The Kier molecular flexibility index (Phi) is 14.9. The number of aliphatic hydroxyl groups is 6. The number of fused-ring (bicyclic) bond motifs is 2. The molecule has 11 heteroatoms. The van der Waals surface area contributed by atoms with E-state index in [0.717, 1.165) is 49.5 Å². The highest BCUT2D eigenvalue weighted by molar-refractivity contribution is 5.82. The molecule has 6 N–H and O–H groups in total. The van der Waals surface area contributed by atoms with Gasteiger partial charge in [-0.05, 0) is 83.8 Å². The molecule has 304 valence electrons. The summed E-state index contributed by atoms with van der Waals surface area (Å²) in [6.07, 6.45) is 8.21. The molecule has 11 nitrogen and oxygen atoms in total. The first-order valence-electron chi connectivity index (χ1n) is 20.2. The molecule has 53 heavy (non-hydrogen) atoms. The molecule has 1 spiro atoms. The van der Waals surface area contributed by atoms with Crippen LogP contribution in [-0.4, -0.2) is 102 Å². The Labute approximate surface area is 317 Å². The molecular formula is C42H70O11. The van der Waals surface area contributed by atoms with E-state index in [4.69, 9.17) is 18.9 Å². The Morgan fingerprint density at radius 3 is 2.34 bits per heavy atom. The van der Waals surface area contributed by atoms with E-state index < -0.39 is 71.1 Å². The quantitative estimate of drug-likeness (QED) is 0.200. The lowest BCUT2D eigenvalue weighted by atomic mass is 9.80. The molecule has 0 aromatic carbocycles. The van der Waals surface area contributed by atoms with Crippen LogP contribution in [0.5, 0.6) is 0 Å². The number of carbonyl (C=O) groups excluding carboxylic acids is 1. The van der Waals surface area contributed by atoms with Crippen molar-refractivity contribution < 1.29 is 54.4 Å². The van der Waals surface area contributed by atoms with Crippen LogP contribution in [0.2, 0.25) is 0 Å². The largest absolute Gasteiger partial charge is 0.491 e. The fraction of sp³-hybridized carbons (Fsp3) is 0.833. The highest BCUT2D eigenvalue weighted by Crippen LogP contribution is 2.47. The van der Waals surface area contributed by atoms with Gasteiger partial charge in [0, 0.05) is 50.0 Å². The summed E-state index contributed by atoms with van der Waals surface area (Å²) in [5.41, 5.74) is -2.67. The van der Waals surface area contributed by atoms with Crippen molar-refractivity contribution in [2.24, 2.45) is 17.8 Å². The van der Waals surface area contributed by atoms with E-state index in [2.05, 4.69) is 32.9 Å². The van der Waals surface area contributed by atoms with E-state index in [1.54, 1.807) is 13.8 Å². The summed E-state index contributed by atoms with van der Waals surface area (Å²) in [7, 11) is 0. The van der Waals surface area contributed by atoms with Gasteiger partial charge in [0.15, 0.2) is 5.79 Å². The Balaban J connectivity index is 1.66. The van der Waals surface area contributed by atoms with Gasteiger partial charge in [0.2, 0.25) is 0 Å². The molecule has 13 atom stereocenters. The smallest absolute Gasteiger partial charge is 0.330 e. The first-order chi connectivity index (χ1) is 24.7. The van der Waals surface area contributed by atoms with E-state index in [0.29, 0.717) is 44.9 Å². The van der Waals surface area contributed by atoms with Gasteiger partial charge in [-0.1, -0.05) is 52.7 Å². The van der Waals surface area contributed by atoms with Crippen molar-refractivity contribution in [3.63, 3.8) is 0 Å². The molecule has 13 unspecified atom stereocenters. The van der Waals surface area contributed by atoms with Crippen LogP contribution in [0.4, 0.5) is 0 Å². The van der Waals surface area contributed by atoms with Crippen LogP contribution < -0.4 is 0 Å². The van der Waals surface area contributed by atoms with Crippen molar-refractivity contribution in [2.75, 3.05) is 0 Å². The second-order valence-corrected chi connectivity index (χ2v) is 17.8. The second-order valence-electron chi connectivity index (χ2n) is 17.8. The van der Waals surface area contributed by atoms with E-state index in [9.17, 15) is 35.4 Å². The molecular weight excluding hydrogens is 680 g/mol. The van der Waals surface area contributed by atoms with E-state index in [1.165, 1.54) is 13.0 Å². The maximum absolute atomic E-state index is 13.5. The number of esters is 1. The maximum atomic E-state index is 13.5. The number of allylic oxidation sites excluding steroid dienone is 2. The van der Waals surface area contributed by atoms with Gasteiger partial charge < -0.3 is 49.6 Å². The van der Waals surface area contributed by atoms with Crippen LogP contribution in [0, 0.1) is 17.8 Å². The predicted molar refractivity (Wildman–Crippen MR) is 201 cm³/mol. The molecule has 4 heterocycles. The third-order valence-corrected chi connectivity index (χ3v) is 12.4. The van der Waals surface area contributed by atoms with Gasteiger partial charge in [0.05, 0.1) is 42.2 Å². The fourth-order valence-electron chi connectivity index (χ4n) is 8.35. The molecule has 4 aliphatic rings. The van der Waals surface area contributed by atoms with Crippen molar-refractivity contribution in [1.82, 2.24) is 0 Å². The summed E-state index contributed by atoms with van der Waals surface area (Å²) in [4.78, 5) is 13.5. The summed E-state index contributed by atoms with van der Waals surface area (Å²) in [5, 5.41) is 65.7. The number of hydrogen-bond donors (Lipinski definition) is 6. The van der Waals surface area contributed by atoms with Crippen molar-refractivity contribution in [3.05, 3.63) is 35.6 Å². The Hall–Kier alpha value is -1.83. The average molecular weight is 751 g/mol. The molecule has 2 fully saturated rings. The average Bonchev–Trinajstić information content (AvgIpc) is 3.38. The van der Waals surface area contributed by atoms with Crippen LogP contribution >= 0.6 is 0 Å². The van der Waals surface area contributed by atoms with Gasteiger partial charge in [0.1, 0.15) is 23.1 Å². The maximum Gasteiger partial charge on any atom is 0.330 e. The lowest BCUT2D eigenvalue weighted by Gasteiger charge is -2.52.